The van der Waals surface area contributed by atoms with E-state index in [4.69, 9.17) is 21.8 Å². The molecule has 0 amide bonds. The predicted molar refractivity (Wildman–Crippen MR) is 78.2 cm³/mol. The summed E-state index contributed by atoms with van der Waals surface area (Å²) in [5.41, 5.74) is 9.91. The maximum absolute atomic E-state index is 6.17. The van der Waals surface area contributed by atoms with Crippen LogP contribution in [0.3, 0.4) is 0 Å². The van der Waals surface area contributed by atoms with Crippen LogP contribution in [0.1, 0.15) is 12.5 Å². The molecule has 0 saturated carbocycles. The van der Waals surface area contributed by atoms with Crippen LogP contribution < -0.4 is 5.73 Å². The van der Waals surface area contributed by atoms with Gasteiger partial charge in [-0.1, -0.05) is 24.6 Å². The van der Waals surface area contributed by atoms with Gasteiger partial charge in [0, 0.05) is 5.69 Å². The van der Waals surface area contributed by atoms with E-state index in [0.29, 0.717) is 16.6 Å². The number of fused-ring (bicyclic) bond motifs is 1. The second-order valence-corrected chi connectivity index (χ2v) is 4.82. The fourth-order valence-corrected chi connectivity index (χ4v) is 2.28. The van der Waals surface area contributed by atoms with Crippen LogP contribution in [0.25, 0.3) is 22.6 Å². The number of aromatic nitrogens is 1. The fraction of sp³-hybridized carbons (Fsp3) is 0.133. The number of benzene rings is 2. The first-order valence-corrected chi connectivity index (χ1v) is 6.50. The topological polar surface area (TPSA) is 52.0 Å². The second-order valence-electron chi connectivity index (χ2n) is 4.41. The molecule has 0 unspecified atom stereocenters. The molecule has 0 saturated heterocycles. The molecule has 2 N–H and O–H groups in total. The molecule has 96 valence electrons. The Morgan fingerprint density at radius 1 is 1.21 bits per heavy atom. The SMILES string of the molecule is CCc1ccc2oc(-c3ccc(N)cc3Cl)nc2c1. The van der Waals surface area contributed by atoms with Crippen molar-refractivity contribution in [2.45, 2.75) is 13.3 Å². The van der Waals surface area contributed by atoms with Crippen molar-refractivity contribution in [3.63, 3.8) is 0 Å². The summed E-state index contributed by atoms with van der Waals surface area (Å²) in [4.78, 5) is 4.49. The zero-order valence-corrected chi connectivity index (χ0v) is 11.2. The number of hydrogen-bond acceptors (Lipinski definition) is 3. The summed E-state index contributed by atoms with van der Waals surface area (Å²) in [5.74, 6) is 0.522. The molecule has 19 heavy (non-hydrogen) atoms. The van der Waals surface area contributed by atoms with Crippen LogP contribution in [0.2, 0.25) is 5.02 Å². The zero-order valence-electron chi connectivity index (χ0n) is 10.5. The minimum Gasteiger partial charge on any atom is -0.436 e. The van der Waals surface area contributed by atoms with E-state index in [1.165, 1.54) is 5.56 Å². The van der Waals surface area contributed by atoms with Gasteiger partial charge in [0.2, 0.25) is 5.89 Å². The first kappa shape index (κ1) is 12.1. The van der Waals surface area contributed by atoms with Crippen molar-refractivity contribution < 1.29 is 4.42 Å². The van der Waals surface area contributed by atoms with Gasteiger partial charge in [0.25, 0.3) is 0 Å². The Labute approximate surface area is 116 Å². The lowest BCUT2D eigenvalue weighted by Gasteiger charge is -1.99. The molecule has 3 aromatic rings. The summed E-state index contributed by atoms with van der Waals surface area (Å²) in [6.45, 7) is 2.11. The standard InChI is InChI=1S/C15H13ClN2O/c1-2-9-3-6-14-13(7-9)18-15(19-14)11-5-4-10(17)8-12(11)16/h3-8H,2,17H2,1H3. The lowest BCUT2D eigenvalue weighted by Crippen LogP contribution is -1.86. The third-order valence-electron chi connectivity index (χ3n) is 3.08. The van der Waals surface area contributed by atoms with E-state index < -0.39 is 0 Å². The number of aryl methyl sites for hydroxylation is 1. The molecule has 0 atom stereocenters. The Morgan fingerprint density at radius 3 is 2.79 bits per heavy atom. The average molecular weight is 273 g/mol. The number of nitrogens with two attached hydrogens (primary N) is 1. The quantitative estimate of drug-likeness (QED) is 0.708. The molecular formula is C15H13ClN2O. The van der Waals surface area contributed by atoms with Crippen molar-refractivity contribution in [2.24, 2.45) is 0 Å². The molecular weight excluding hydrogens is 260 g/mol. The van der Waals surface area contributed by atoms with Gasteiger partial charge in [0.05, 0.1) is 10.6 Å². The van der Waals surface area contributed by atoms with E-state index in [-0.39, 0.29) is 0 Å². The number of oxazole rings is 1. The third kappa shape index (κ3) is 2.17. The number of nitrogens with zero attached hydrogens (tertiary/aromatic N) is 1. The van der Waals surface area contributed by atoms with E-state index in [0.717, 1.165) is 23.1 Å². The van der Waals surface area contributed by atoms with Gasteiger partial charge in [-0.05, 0) is 42.3 Å². The van der Waals surface area contributed by atoms with Gasteiger partial charge in [-0.2, -0.15) is 0 Å². The van der Waals surface area contributed by atoms with Crippen LogP contribution >= 0.6 is 11.6 Å². The van der Waals surface area contributed by atoms with Gasteiger partial charge in [0.1, 0.15) is 5.52 Å². The third-order valence-corrected chi connectivity index (χ3v) is 3.40. The minimum atomic E-state index is 0.522. The molecule has 3 nitrogen and oxygen atoms in total. The van der Waals surface area contributed by atoms with Crippen LogP contribution in [-0.2, 0) is 6.42 Å². The molecule has 0 bridgehead atoms. The maximum atomic E-state index is 6.17. The Hall–Kier alpha value is -2.00. The molecule has 4 heteroatoms. The van der Waals surface area contributed by atoms with Crippen molar-refractivity contribution in [3.05, 3.63) is 47.0 Å². The summed E-state index contributed by atoms with van der Waals surface area (Å²) in [7, 11) is 0. The van der Waals surface area contributed by atoms with E-state index in [2.05, 4.69) is 11.9 Å². The summed E-state index contributed by atoms with van der Waals surface area (Å²) in [6.07, 6.45) is 0.973. The Kier molecular flexibility index (Phi) is 2.91. The highest BCUT2D eigenvalue weighted by Gasteiger charge is 2.11. The van der Waals surface area contributed by atoms with Gasteiger partial charge in [-0.25, -0.2) is 4.98 Å². The van der Waals surface area contributed by atoms with Crippen LogP contribution in [0.5, 0.6) is 0 Å². The van der Waals surface area contributed by atoms with Crippen molar-refractivity contribution in [2.75, 3.05) is 5.73 Å². The molecule has 0 aliphatic rings. The highest BCUT2D eigenvalue weighted by molar-refractivity contribution is 6.33. The van der Waals surface area contributed by atoms with E-state index in [1.807, 2.05) is 24.3 Å². The molecule has 0 radical (unpaired) electrons. The molecule has 2 aromatic carbocycles. The van der Waals surface area contributed by atoms with Crippen molar-refractivity contribution in [1.29, 1.82) is 0 Å². The largest absolute Gasteiger partial charge is 0.436 e. The lowest BCUT2D eigenvalue weighted by molar-refractivity contribution is 0.620. The van der Waals surface area contributed by atoms with E-state index >= 15 is 0 Å². The predicted octanol–water partition coefficient (Wildman–Crippen LogP) is 4.29. The molecule has 0 fully saturated rings. The van der Waals surface area contributed by atoms with Crippen LogP contribution in [0.4, 0.5) is 5.69 Å². The van der Waals surface area contributed by atoms with Gasteiger partial charge in [0.15, 0.2) is 5.58 Å². The average Bonchev–Trinajstić information content (AvgIpc) is 2.80. The molecule has 0 aliphatic heterocycles. The van der Waals surface area contributed by atoms with Crippen molar-refractivity contribution in [1.82, 2.24) is 4.98 Å². The van der Waals surface area contributed by atoms with Gasteiger partial charge >= 0.3 is 0 Å². The number of hydrogen-bond donors (Lipinski definition) is 1. The van der Waals surface area contributed by atoms with Crippen LogP contribution in [-0.4, -0.2) is 4.98 Å². The van der Waals surface area contributed by atoms with E-state index in [1.54, 1.807) is 12.1 Å². The van der Waals surface area contributed by atoms with Crippen molar-refractivity contribution >= 4 is 28.4 Å². The maximum Gasteiger partial charge on any atom is 0.228 e. The monoisotopic (exact) mass is 272 g/mol. The fourth-order valence-electron chi connectivity index (χ4n) is 2.01. The molecule has 0 spiro atoms. The van der Waals surface area contributed by atoms with Crippen LogP contribution in [0, 0.1) is 0 Å². The summed E-state index contributed by atoms with van der Waals surface area (Å²) in [6, 6.07) is 11.3. The highest BCUT2D eigenvalue weighted by Crippen LogP contribution is 2.31. The molecule has 1 aromatic heterocycles. The smallest absolute Gasteiger partial charge is 0.228 e. The first-order valence-electron chi connectivity index (χ1n) is 6.12. The summed E-state index contributed by atoms with van der Waals surface area (Å²) >= 11 is 6.17. The molecule has 0 aliphatic carbocycles. The minimum absolute atomic E-state index is 0.522. The van der Waals surface area contributed by atoms with Crippen LogP contribution in [0.15, 0.2) is 40.8 Å². The normalized spacial score (nSPS) is 11.1. The first-order chi connectivity index (χ1) is 9.17. The van der Waals surface area contributed by atoms with Crippen molar-refractivity contribution in [3.8, 4) is 11.5 Å². The van der Waals surface area contributed by atoms with Gasteiger partial charge < -0.3 is 10.2 Å². The number of rotatable bonds is 2. The van der Waals surface area contributed by atoms with Gasteiger partial charge in [-0.15, -0.1) is 0 Å². The second kappa shape index (κ2) is 4.59. The summed E-state index contributed by atoms with van der Waals surface area (Å²) < 4.78 is 5.74. The number of halogens is 1. The Morgan fingerprint density at radius 2 is 2.05 bits per heavy atom. The van der Waals surface area contributed by atoms with E-state index in [9.17, 15) is 0 Å². The molecule has 1 heterocycles. The highest BCUT2D eigenvalue weighted by atomic mass is 35.5. The Bertz CT molecular complexity index is 749. The Balaban J connectivity index is 2.14. The summed E-state index contributed by atoms with van der Waals surface area (Å²) in [5, 5.41) is 0.544. The lowest BCUT2D eigenvalue weighted by atomic mass is 10.1. The zero-order chi connectivity index (χ0) is 13.4. The number of anilines is 1. The van der Waals surface area contributed by atoms with Gasteiger partial charge in [-0.3, -0.25) is 0 Å². The number of nitrogen functional groups attached to an aromatic ring is 1. The molecule has 3 rings (SSSR count).